The lowest BCUT2D eigenvalue weighted by Crippen LogP contribution is -2.60. The van der Waals surface area contributed by atoms with Crippen LogP contribution in [0.5, 0.6) is 17.2 Å². The molecule has 2 aliphatic carbocycles. The van der Waals surface area contributed by atoms with Gasteiger partial charge in [0, 0.05) is 5.92 Å². The standard InChI is InChI=1S/C30H21Cl2F5N2O7/c1-45-15-7-10(8-16(46-2)24(15)40)3-6-14-11-4-5-12-17(26(42)38-25(12)41)13(11)9-29(31)27(43)39(28(44)30(14,29)32)23-21(36)19(34)18(33)20(35)22(23)37/h3-4,6-8,12-14,17,40H,5,9H2,1-2H3,(H,38,41,42)/t12-,13+,14-,17-,29+,30-/m0/s1. The lowest BCUT2D eigenvalue weighted by Gasteiger charge is -2.49. The summed E-state index contributed by atoms with van der Waals surface area (Å²) in [6.07, 6.45) is 3.66. The van der Waals surface area contributed by atoms with Crippen molar-refractivity contribution < 1.29 is 55.7 Å². The zero-order chi connectivity index (χ0) is 33.6. The summed E-state index contributed by atoms with van der Waals surface area (Å²) in [5, 5.41) is 12.5. The highest BCUT2D eigenvalue weighted by Gasteiger charge is 2.76. The molecule has 2 aliphatic heterocycles. The lowest BCUT2D eigenvalue weighted by atomic mass is 9.57. The monoisotopic (exact) mass is 686 g/mol. The Bertz CT molecular complexity index is 1780. The van der Waals surface area contributed by atoms with Crippen LogP contribution in [0, 0.1) is 52.8 Å². The Morgan fingerprint density at radius 1 is 0.891 bits per heavy atom. The van der Waals surface area contributed by atoms with E-state index in [1.807, 2.05) is 0 Å². The van der Waals surface area contributed by atoms with E-state index >= 15 is 8.78 Å². The number of carbonyl (C=O) groups excluding carboxylic acids is 4. The fourth-order valence-corrected chi connectivity index (χ4v) is 7.83. The Morgan fingerprint density at radius 3 is 2.02 bits per heavy atom. The molecule has 0 bridgehead atoms. The second-order valence-corrected chi connectivity index (χ2v) is 12.5. The molecule has 6 rings (SSSR count). The van der Waals surface area contributed by atoms with Crippen LogP contribution in [0.1, 0.15) is 18.4 Å². The Morgan fingerprint density at radius 2 is 1.46 bits per heavy atom. The van der Waals surface area contributed by atoms with Gasteiger partial charge in [-0.2, -0.15) is 0 Å². The molecule has 6 atom stereocenters. The average molecular weight is 687 g/mol. The number of nitrogens with one attached hydrogen (secondary N) is 1. The number of rotatable bonds is 5. The molecule has 2 aromatic rings. The van der Waals surface area contributed by atoms with Crippen LogP contribution in [0.3, 0.4) is 0 Å². The third-order valence-corrected chi connectivity index (χ3v) is 10.5. The number of hydrogen-bond acceptors (Lipinski definition) is 7. The highest BCUT2D eigenvalue weighted by molar-refractivity contribution is 6.58. The van der Waals surface area contributed by atoms with E-state index in [1.165, 1.54) is 38.5 Å². The van der Waals surface area contributed by atoms with Gasteiger partial charge in [0.2, 0.25) is 23.4 Å². The summed E-state index contributed by atoms with van der Waals surface area (Å²) in [6, 6.07) is 2.75. The number of ether oxygens (including phenoxy) is 2. The summed E-state index contributed by atoms with van der Waals surface area (Å²) in [6.45, 7) is 0. The molecule has 0 radical (unpaired) electrons. The minimum absolute atomic E-state index is 0.0155. The maximum Gasteiger partial charge on any atom is 0.258 e. The van der Waals surface area contributed by atoms with Gasteiger partial charge in [-0.3, -0.25) is 24.5 Å². The molecule has 1 saturated carbocycles. The van der Waals surface area contributed by atoms with Crippen LogP contribution in [0.4, 0.5) is 27.6 Å². The van der Waals surface area contributed by atoms with Crippen molar-refractivity contribution in [2.24, 2.45) is 23.7 Å². The van der Waals surface area contributed by atoms with E-state index in [2.05, 4.69) is 5.32 Å². The number of allylic oxidation sites excluding steroid dienone is 3. The Hall–Kier alpha value is -4.17. The van der Waals surface area contributed by atoms with Crippen LogP contribution in [0.25, 0.3) is 6.08 Å². The first kappa shape index (κ1) is 31.8. The topological polar surface area (TPSA) is 122 Å². The van der Waals surface area contributed by atoms with Crippen molar-refractivity contribution in [3.63, 3.8) is 0 Å². The van der Waals surface area contributed by atoms with E-state index in [0.29, 0.717) is 5.56 Å². The number of carbonyl (C=O) groups is 4. The molecule has 46 heavy (non-hydrogen) atoms. The van der Waals surface area contributed by atoms with Crippen LogP contribution in [0.2, 0.25) is 0 Å². The fraction of sp³-hybridized carbons (Fsp3) is 0.333. The zero-order valence-electron chi connectivity index (χ0n) is 23.6. The van der Waals surface area contributed by atoms with Gasteiger partial charge in [0.25, 0.3) is 11.8 Å². The zero-order valence-corrected chi connectivity index (χ0v) is 25.1. The molecule has 242 valence electrons. The number of benzene rings is 2. The first-order chi connectivity index (χ1) is 21.6. The molecule has 2 aromatic carbocycles. The quantitative estimate of drug-likeness (QED) is 0.119. The van der Waals surface area contributed by atoms with Crippen molar-refractivity contribution in [1.29, 1.82) is 0 Å². The summed E-state index contributed by atoms with van der Waals surface area (Å²) in [5.74, 6) is -21.5. The molecular formula is C30H21Cl2F5N2O7. The number of phenolic OH excluding ortho intramolecular Hbond substituents is 1. The summed E-state index contributed by atoms with van der Waals surface area (Å²) in [4.78, 5) is 48.1. The molecule has 0 unspecified atom stereocenters. The highest BCUT2D eigenvalue weighted by Crippen LogP contribution is 2.63. The predicted octanol–water partition coefficient (Wildman–Crippen LogP) is 4.50. The van der Waals surface area contributed by atoms with Gasteiger partial charge in [-0.05, 0) is 36.5 Å². The molecule has 4 amide bonds. The fourth-order valence-electron chi connectivity index (χ4n) is 6.94. The summed E-state index contributed by atoms with van der Waals surface area (Å²) in [7, 11) is 2.55. The number of nitrogens with zero attached hydrogens (tertiary/aromatic N) is 1. The van der Waals surface area contributed by atoms with E-state index in [9.17, 15) is 37.5 Å². The molecule has 2 heterocycles. The number of amides is 4. The number of aromatic hydroxyl groups is 1. The third kappa shape index (κ3) is 4.05. The van der Waals surface area contributed by atoms with E-state index in [0.717, 1.165) is 0 Å². The van der Waals surface area contributed by atoms with Crippen molar-refractivity contribution in [2.75, 3.05) is 19.1 Å². The van der Waals surface area contributed by atoms with Crippen molar-refractivity contribution in [3.8, 4) is 17.2 Å². The third-order valence-electron chi connectivity index (χ3n) is 9.10. The average Bonchev–Trinajstić information content (AvgIpc) is 3.40. The Balaban J connectivity index is 1.56. The molecule has 16 heteroatoms. The largest absolute Gasteiger partial charge is 0.502 e. The number of alkyl halides is 2. The van der Waals surface area contributed by atoms with Crippen LogP contribution in [-0.4, -0.2) is 52.7 Å². The van der Waals surface area contributed by atoms with Crippen LogP contribution >= 0.6 is 23.2 Å². The second kappa shape index (κ2) is 10.7. The van der Waals surface area contributed by atoms with Gasteiger partial charge in [0.15, 0.2) is 44.5 Å². The van der Waals surface area contributed by atoms with E-state index < -0.39 is 98.2 Å². The molecule has 0 spiro atoms. The SMILES string of the molecule is COc1cc(C=C[C@H]2C3=CC[C@@H]4C(=O)NC(=O)[C@@H]4[C@@H]3C[C@@]3(Cl)C(=O)N(c4c(F)c(F)c(F)c(F)c4F)C(=O)[C@@]23Cl)cc(OC)c1O. The van der Waals surface area contributed by atoms with Gasteiger partial charge in [-0.25, -0.2) is 26.9 Å². The minimum atomic E-state index is -2.64. The van der Waals surface area contributed by atoms with Crippen LogP contribution < -0.4 is 19.7 Å². The minimum Gasteiger partial charge on any atom is -0.502 e. The number of halogens is 7. The number of imide groups is 2. The van der Waals surface area contributed by atoms with Crippen molar-refractivity contribution in [2.45, 2.75) is 22.6 Å². The van der Waals surface area contributed by atoms with E-state index in [1.54, 1.807) is 6.08 Å². The van der Waals surface area contributed by atoms with Gasteiger partial charge >= 0.3 is 0 Å². The highest BCUT2D eigenvalue weighted by atomic mass is 35.5. The van der Waals surface area contributed by atoms with E-state index in [4.69, 9.17) is 32.7 Å². The van der Waals surface area contributed by atoms with Gasteiger partial charge in [0.1, 0.15) is 5.69 Å². The van der Waals surface area contributed by atoms with Gasteiger partial charge in [-0.1, -0.05) is 23.8 Å². The van der Waals surface area contributed by atoms with Crippen LogP contribution in [-0.2, 0) is 19.2 Å². The van der Waals surface area contributed by atoms with Crippen molar-refractivity contribution in [1.82, 2.24) is 5.32 Å². The normalized spacial score (nSPS) is 30.3. The Kier molecular flexibility index (Phi) is 7.39. The lowest BCUT2D eigenvalue weighted by molar-refractivity contribution is -0.127. The molecule has 9 nitrogen and oxygen atoms in total. The molecule has 2 saturated heterocycles. The number of anilines is 1. The summed E-state index contributed by atoms with van der Waals surface area (Å²) in [5.41, 5.74) is -1.28. The molecular weight excluding hydrogens is 666 g/mol. The Labute approximate surface area is 266 Å². The first-order valence-electron chi connectivity index (χ1n) is 13.6. The number of phenols is 1. The second-order valence-electron chi connectivity index (χ2n) is 11.2. The number of hydrogen-bond donors (Lipinski definition) is 2. The summed E-state index contributed by atoms with van der Waals surface area (Å²) >= 11 is 13.9. The molecule has 4 aliphatic rings. The molecule has 0 aromatic heterocycles. The number of fused-ring (bicyclic) bond motifs is 4. The smallest absolute Gasteiger partial charge is 0.258 e. The predicted molar refractivity (Wildman–Crippen MR) is 151 cm³/mol. The van der Waals surface area contributed by atoms with E-state index in [-0.39, 0.29) is 34.1 Å². The van der Waals surface area contributed by atoms with Crippen molar-refractivity contribution >= 4 is 58.6 Å². The molecule has 2 N–H and O–H groups in total. The maximum atomic E-state index is 15.0. The van der Waals surface area contributed by atoms with Gasteiger partial charge in [-0.15, -0.1) is 23.2 Å². The van der Waals surface area contributed by atoms with Crippen molar-refractivity contribution in [3.05, 3.63) is 64.5 Å². The first-order valence-corrected chi connectivity index (χ1v) is 14.4. The van der Waals surface area contributed by atoms with Crippen LogP contribution in [0.15, 0.2) is 29.9 Å². The van der Waals surface area contributed by atoms with Gasteiger partial charge in [0.05, 0.1) is 26.1 Å². The number of methoxy groups -OCH3 is 2. The maximum absolute atomic E-state index is 15.0. The van der Waals surface area contributed by atoms with Gasteiger partial charge < -0.3 is 14.6 Å². The summed E-state index contributed by atoms with van der Waals surface area (Å²) < 4.78 is 82.8. The molecule has 3 fully saturated rings.